The molecule has 0 aromatic heterocycles. The minimum atomic E-state index is -0.316. The van der Waals surface area contributed by atoms with Gasteiger partial charge in [-0.1, -0.05) is 17.7 Å². The van der Waals surface area contributed by atoms with Crippen molar-refractivity contribution in [2.75, 3.05) is 0 Å². The largest absolute Gasteiger partial charge is 0.276 e. The lowest BCUT2D eigenvalue weighted by molar-refractivity contribution is -0.108. The molecular weight excluding hydrogens is 148 g/mol. The van der Waals surface area contributed by atoms with Gasteiger partial charge in [-0.15, -0.1) is 0 Å². The van der Waals surface area contributed by atoms with Crippen molar-refractivity contribution in [3.05, 3.63) is 23.3 Å². The first-order chi connectivity index (χ1) is 4.70. The van der Waals surface area contributed by atoms with Crippen LogP contribution in [0.5, 0.6) is 0 Å². The van der Waals surface area contributed by atoms with Crippen LogP contribution >= 0.6 is 11.6 Å². The summed E-state index contributed by atoms with van der Waals surface area (Å²) in [7, 11) is 0. The van der Waals surface area contributed by atoms with E-state index in [1.54, 1.807) is 6.08 Å². The van der Waals surface area contributed by atoms with Crippen molar-refractivity contribution in [2.24, 2.45) is 0 Å². The average Bonchev–Trinajstić information content (AvgIpc) is 1.88. The second-order valence-electron chi connectivity index (χ2n) is 2.48. The van der Waals surface area contributed by atoms with Crippen LogP contribution in [0.3, 0.4) is 0 Å². The predicted molar refractivity (Wildman–Crippen MR) is 41.9 cm³/mol. The molecule has 1 nitrogen and oxygen atoms in total. The van der Waals surface area contributed by atoms with E-state index in [0.717, 1.165) is 18.4 Å². The lowest BCUT2D eigenvalue weighted by atomic mass is 10.0. The molecule has 54 valence electrons. The van der Waals surface area contributed by atoms with Crippen LogP contribution in [0.15, 0.2) is 23.3 Å². The second-order valence-corrected chi connectivity index (χ2v) is 2.82. The summed E-state index contributed by atoms with van der Waals surface area (Å²) in [5, 5.41) is -0.316. The van der Waals surface area contributed by atoms with Crippen LogP contribution in [-0.2, 0) is 4.79 Å². The molecule has 0 radical (unpaired) electrons. The van der Waals surface area contributed by atoms with Gasteiger partial charge in [-0.25, -0.2) is 0 Å². The zero-order valence-electron chi connectivity index (χ0n) is 5.86. The third-order valence-electron chi connectivity index (χ3n) is 1.61. The Morgan fingerprint density at radius 3 is 2.60 bits per heavy atom. The number of carbonyl (C=O) groups is 1. The SMILES string of the molecule is CC1=CC=C(C(=O)Cl)CC1. The van der Waals surface area contributed by atoms with Gasteiger partial charge in [-0.2, -0.15) is 0 Å². The van der Waals surface area contributed by atoms with Crippen LogP contribution in [0.4, 0.5) is 0 Å². The van der Waals surface area contributed by atoms with E-state index in [9.17, 15) is 4.79 Å². The first-order valence-electron chi connectivity index (χ1n) is 3.26. The van der Waals surface area contributed by atoms with Gasteiger partial charge in [-0.05, 0) is 31.4 Å². The molecule has 0 spiro atoms. The minimum absolute atomic E-state index is 0.316. The molecule has 0 heterocycles. The fourth-order valence-electron chi connectivity index (χ4n) is 0.905. The van der Waals surface area contributed by atoms with Crippen molar-refractivity contribution in [1.29, 1.82) is 0 Å². The lowest BCUT2D eigenvalue weighted by Crippen LogP contribution is -1.97. The van der Waals surface area contributed by atoms with Crippen molar-refractivity contribution >= 4 is 16.8 Å². The molecule has 0 fully saturated rings. The maximum absolute atomic E-state index is 10.6. The smallest absolute Gasteiger partial charge is 0.248 e. The highest BCUT2D eigenvalue weighted by Crippen LogP contribution is 2.18. The van der Waals surface area contributed by atoms with Crippen molar-refractivity contribution in [3.63, 3.8) is 0 Å². The molecule has 0 bridgehead atoms. The summed E-state index contributed by atoms with van der Waals surface area (Å²) in [6, 6.07) is 0. The number of rotatable bonds is 1. The van der Waals surface area contributed by atoms with E-state index in [4.69, 9.17) is 11.6 Å². The van der Waals surface area contributed by atoms with Crippen LogP contribution in [-0.4, -0.2) is 5.24 Å². The molecule has 1 rings (SSSR count). The summed E-state index contributed by atoms with van der Waals surface area (Å²) in [4.78, 5) is 10.6. The summed E-state index contributed by atoms with van der Waals surface area (Å²) >= 11 is 5.27. The Balaban J connectivity index is 2.74. The molecule has 0 saturated carbocycles. The van der Waals surface area contributed by atoms with Gasteiger partial charge in [0.25, 0.3) is 0 Å². The van der Waals surface area contributed by atoms with E-state index >= 15 is 0 Å². The molecule has 0 unspecified atom stereocenters. The molecule has 1 aliphatic rings. The van der Waals surface area contributed by atoms with Crippen molar-refractivity contribution in [3.8, 4) is 0 Å². The van der Waals surface area contributed by atoms with E-state index in [1.807, 2.05) is 13.0 Å². The molecule has 2 heteroatoms. The first-order valence-corrected chi connectivity index (χ1v) is 3.64. The van der Waals surface area contributed by atoms with Crippen molar-refractivity contribution < 1.29 is 4.79 Å². The highest BCUT2D eigenvalue weighted by Gasteiger charge is 2.08. The van der Waals surface area contributed by atoms with Crippen LogP contribution < -0.4 is 0 Å². The summed E-state index contributed by atoms with van der Waals surface area (Å²) in [5.41, 5.74) is 2.04. The van der Waals surface area contributed by atoms with E-state index in [0.29, 0.717) is 0 Å². The normalized spacial score (nSPS) is 17.8. The summed E-state index contributed by atoms with van der Waals surface area (Å²) in [5.74, 6) is 0. The van der Waals surface area contributed by atoms with E-state index in [1.165, 1.54) is 5.57 Å². The number of allylic oxidation sites excluding steroid dienone is 4. The molecule has 0 aromatic rings. The molecule has 1 aliphatic carbocycles. The third kappa shape index (κ3) is 1.71. The molecular formula is C8H9ClO. The standard InChI is InChI=1S/C8H9ClO/c1-6-2-4-7(5-3-6)8(9)10/h2,4H,3,5H2,1H3. The maximum atomic E-state index is 10.6. The van der Waals surface area contributed by atoms with E-state index < -0.39 is 0 Å². The fraction of sp³-hybridized carbons (Fsp3) is 0.375. The Labute approximate surface area is 65.4 Å². The Bertz CT molecular complexity index is 213. The van der Waals surface area contributed by atoms with E-state index in [2.05, 4.69) is 0 Å². The molecule has 0 N–H and O–H groups in total. The van der Waals surface area contributed by atoms with Crippen LogP contribution in [0.1, 0.15) is 19.8 Å². The topological polar surface area (TPSA) is 17.1 Å². The van der Waals surface area contributed by atoms with Crippen LogP contribution in [0.2, 0.25) is 0 Å². The molecule has 10 heavy (non-hydrogen) atoms. The highest BCUT2D eigenvalue weighted by atomic mass is 35.5. The quantitative estimate of drug-likeness (QED) is 0.533. The molecule has 0 saturated heterocycles. The van der Waals surface area contributed by atoms with Gasteiger partial charge in [0.2, 0.25) is 5.24 Å². The summed E-state index contributed by atoms with van der Waals surface area (Å²) in [6.45, 7) is 2.05. The number of halogens is 1. The zero-order valence-corrected chi connectivity index (χ0v) is 6.61. The monoisotopic (exact) mass is 156 g/mol. The lowest BCUT2D eigenvalue weighted by Gasteiger charge is -2.06. The van der Waals surface area contributed by atoms with Gasteiger partial charge in [0.15, 0.2) is 0 Å². The second kappa shape index (κ2) is 3.02. The van der Waals surface area contributed by atoms with Gasteiger partial charge < -0.3 is 0 Å². The number of hydrogen-bond donors (Lipinski definition) is 0. The van der Waals surface area contributed by atoms with Gasteiger partial charge >= 0.3 is 0 Å². The first kappa shape index (κ1) is 7.55. The molecule has 0 amide bonds. The highest BCUT2D eigenvalue weighted by molar-refractivity contribution is 6.67. The predicted octanol–water partition coefficient (Wildman–Crippen LogP) is 2.42. The Morgan fingerprint density at radius 1 is 1.50 bits per heavy atom. The fourth-order valence-corrected chi connectivity index (χ4v) is 1.06. The van der Waals surface area contributed by atoms with E-state index in [-0.39, 0.29) is 5.24 Å². The Morgan fingerprint density at radius 2 is 2.20 bits per heavy atom. The minimum Gasteiger partial charge on any atom is -0.276 e. The number of carbonyl (C=O) groups excluding carboxylic acids is 1. The van der Waals surface area contributed by atoms with Gasteiger partial charge in [-0.3, -0.25) is 4.79 Å². The Hall–Kier alpha value is -0.560. The summed E-state index contributed by atoms with van der Waals surface area (Å²) < 4.78 is 0. The summed E-state index contributed by atoms with van der Waals surface area (Å²) in [6.07, 6.45) is 5.50. The molecule has 0 aromatic carbocycles. The Kier molecular flexibility index (Phi) is 2.28. The van der Waals surface area contributed by atoms with Crippen molar-refractivity contribution in [2.45, 2.75) is 19.8 Å². The number of hydrogen-bond acceptors (Lipinski definition) is 1. The van der Waals surface area contributed by atoms with Crippen LogP contribution in [0, 0.1) is 0 Å². The van der Waals surface area contributed by atoms with Gasteiger partial charge in [0, 0.05) is 5.57 Å². The maximum Gasteiger partial charge on any atom is 0.248 e. The van der Waals surface area contributed by atoms with Crippen LogP contribution in [0.25, 0.3) is 0 Å². The zero-order chi connectivity index (χ0) is 7.56. The van der Waals surface area contributed by atoms with Crippen molar-refractivity contribution in [1.82, 2.24) is 0 Å². The van der Waals surface area contributed by atoms with Gasteiger partial charge in [0.1, 0.15) is 0 Å². The molecule has 0 atom stereocenters. The average molecular weight is 157 g/mol. The molecule has 0 aliphatic heterocycles. The third-order valence-corrected chi connectivity index (χ3v) is 1.85. The van der Waals surface area contributed by atoms with Gasteiger partial charge in [0.05, 0.1) is 0 Å².